The van der Waals surface area contributed by atoms with Gasteiger partial charge < -0.3 is 14.5 Å². The number of nitrogens with one attached hydrogen (secondary N) is 1. The lowest BCUT2D eigenvalue weighted by atomic mass is 10.2. The van der Waals surface area contributed by atoms with Gasteiger partial charge in [0, 0.05) is 5.69 Å². The van der Waals surface area contributed by atoms with Crippen molar-refractivity contribution in [3.63, 3.8) is 0 Å². The highest BCUT2D eigenvalue weighted by Gasteiger charge is 2.17. The van der Waals surface area contributed by atoms with Crippen molar-refractivity contribution in [2.45, 2.75) is 6.92 Å². The van der Waals surface area contributed by atoms with E-state index in [1.54, 1.807) is 12.1 Å². The number of fused-ring (bicyclic) bond motifs is 1. The molecule has 0 aliphatic rings. The number of amides is 1. The Balaban J connectivity index is 1.39. The van der Waals surface area contributed by atoms with Crippen molar-refractivity contribution in [1.29, 1.82) is 0 Å². The van der Waals surface area contributed by atoms with Crippen LogP contribution >= 0.6 is 11.3 Å². The second-order valence-electron chi connectivity index (χ2n) is 6.09. The van der Waals surface area contributed by atoms with E-state index in [2.05, 4.69) is 10.3 Å². The Hall–Kier alpha value is -3.45. The van der Waals surface area contributed by atoms with Crippen LogP contribution in [0.4, 0.5) is 5.69 Å². The average Bonchev–Trinajstić information content (AvgIpc) is 3.35. The van der Waals surface area contributed by atoms with Gasteiger partial charge in [0.1, 0.15) is 0 Å². The minimum absolute atomic E-state index is 0.0259. The summed E-state index contributed by atoms with van der Waals surface area (Å²) in [5.74, 6) is -0.608. The highest BCUT2D eigenvalue weighted by Crippen LogP contribution is 2.31. The number of nitrogens with zero attached hydrogens (tertiary/aromatic N) is 1. The van der Waals surface area contributed by atoms with E-state index in [-0.39, 0.29) is 5.76 Å². The van der Waals surface area contributed by atoms with E-state index in [4.69, 9.17) is 9.15 Å². The van der Waals surface area contributed by atoms with Crippen LogP contribution in [0.2, 0.25) is 0 Å². The molecule has 28 heavy (non-hydrogen) atoms. The topological polar surface area (TPSA) is 81.4 Å². The molecule has 0 aliphatic carbocycles. The van der Waals surface area contributed by atoms with Gasteiger partial charge in [-0.05, 0) is 42.8 Å². The Morgan fingerprint density at radius 1 is 1.07 bits per heavy atom. The second kappa shape index (κ2) is 7.66. The molecule has 2 heterocycles. The zero-order chi connectivity index (χ0) is 19.5. The van der Waals surface area contributed by atoms with Crippen LogP contribution in [0, 0.1) is 6.92 Å². The number of furan rings is 1. The summed E-state index contributed by atoms with van der Waals surface area (Å²) in [6.07, 6.45) is 0. The molecular formula is C21H16N2O4S. The fourth-order valence-corrected chi connectivity index (χ4v) is 3.57. The standard InChI is InChI=1S/C21H16N2O4S/c1-13-6-2-3-7-14(13)22-19(24)12-26-21(25)17-11-10-16(27-17)20-23-15-8-4-5-9-18(15)28-20/h2-11H,12H2,1H3,(H,22,24). The van der Waals surface area contributed by atoms with Gasteiger partial charge in [0.15, 0.2) is 17.4 Å². The van der Waals surface area contributed by atoms with Gasteiger partial charge in [-0.3, -0.25) is 4.79 Å². The molecule has 0 bridgehead atoms. The highest BCUT2D eigenvalue weighted by molar-refractivity contribution is 7.21. The van der Waals surface area contributed by atoms with Crippen LogP contribution in [0.25, 0.3) is 21.0 Å². The third-order valence-electron chi connectivity index (χ3n) is 4.07. The third-order valence-corrected chi connectivity index (χ3v) is 5.12. The maximum absolute atomic E-state index is 12.2. The van der Waals surface area contributed by atoms with Crippen molar-refractivity contribution in [2.75, 3.05) is 11.9 Å². The molecule has 6 nitrogen and oxygen atoms in total. The molecule has 0 spiro atoms. The number of rotatable bonds is 5. The van der Waals surface area contributed by atoms with Crippen LogP contribution in [0.1, 0.15) is 16.1 Å². The Morgan fingerprint density at radius 2 is 1.86 bits per heavy atom. The van der Waals surface area contributed by atoms with E-state index in [1.807, 2.05) is 49.4 Å². The minimum Gasteiger partial charge on any atom is -0.450 e. The van der Waals surface area contributed by atoms with E-state index < -0.39 is 18.5 Å². The van der Waals surface area contributed by atoms with Crippen LogP contribution in [0.3, 0.4) is 0 Å². The number of hydrogen-bond acceptors (Lipinski definition) is 6. The van der Waals surface area contributed by atoms with Gasteiger partial charge in [0.05, 0.1) is 10.2 Å². The molecule has 140 valence electrons. The molecule has 1 N–H and O–H groups in total. The average molecular weight is 392 g/mol. The van der Waals surface area contributed by atoms with Crippen LogP contribution in [-0.2, 0) is 9.53 Å². The quantitative estimate of drug-likeness (QED) is 0.500. The fraction of sp³-hybridized carbons (Fsp3) is 0.0952. The predicted molar refractivity (Wildman–Crippen MR) is 107 cm³/mol. The van der Waals surface area contributed by atoms with Gasteiger partial charge >= 0.3 is 5.97 Å². The molecule has 0 fully saturated rings. The molecule has 0 saturated carbocycles. The van der Waals surface area contributed by atoms with Gasteiger partial charge in [0.25, 0.3) is 5.91 Å². The van der Waals surface area contributed by atoms with Crippen molar-refractivity contribution in [3.8, 4) is 10.8 Å². The summed E-state index contributed by atoms with van der Waals surface area (Å²) < 4.78 is 11.7. The zero-order valence-corrected chi connectivity index (χ0v) is 15.8. The maximum atomic E-state index is 12.2. The van der Waals surface area contributed by atoms with Gasteiger partial charge in [-0.1, -0.05) is 30.3 Å². The first-order valence-electron chi connectivity index (χ1n) is 8.58. The van der Waals surface area contributed by atoms with Crippen molar-refractivity contribution >= 4 is 39.1 Å². The van der Waals surface area contributed by atoms with Crippen LogP contribution in [0.15, 0.2) is 65.1 Å². The lowest BCUT2D eigenvalue weighted by Crippen LogP contribution is -2.21. The van der Waals surface area contributed by atoms with Crippen molar-refractivity contribution in [3.05, 3.63) is 72.0 Å². The Kier molecular flexibility index (Phi) is 4.90. The zero-order valence-electron chi connectivity index (χ0n) is 15.0. The Bertz CT molecular complexity index is 1130. The first kappa shape index (κ1) is 17.9. The third kappa shape index (κ3) is 3.79. The number of benzene rings is 2. The van der Waals surface area contributed by atoms with E-state index >= 15 is 0 Å². The van der Waals surface area contributed by atoms with E-state index in [0.29, 0.717) is 16.5 Å². The molecule has 2 aromatic carbocycles. The summed E-state index contributed by atoms with van der Waals surface area (Å²) in [5.41, 5.74) is 2.48. The molecule has 0 radical (unpaired) electrons. The lowest BCUT2D eigenvalue weighted by Gasteiger charge is -2.08. The number of esters is 1. The first-order valence-corrected chi connectivity index (χ1v) is 9.40. The first-order chi connectivity index (χ1) is 13.6. The number of anilines is 1. The molecule has 2 aromatic heterocycles. The smallest absolute Gasteiger partial charge is 0.374 e. The second-order valence-corrected chi connectivity index (χ2v) is 7.12. The Labute approximate surface area is 164 Å². The summed E-state index contributed by atoms with van der Waals surface area (Å²) in [4.78, 5) is 28.7. The number of para-hydroxylation sites is 2. The molecule has 0 aliphatic heterocycles. The minimum atomic E-state index is -0.702. The number of carbonyl (C=O) groups is 2. The number of thiazole rings is 1. The number of aryl methyl sites for hydroxylation is 1. The van der Waals surface area contributed by atoms with E-state index in [1.165, 1.54) is 17.4 Å². The van der Waals surface area contributed by atoms with Crippen LogP contribution in [-0.4, -0.2) is 23.5 Å². The summed E-state index contributed by atoms with van der Waals surface area (Å²) in [7, 11) is 0. The van der Waals surface area contributed by atoms with Crippen LogP contribution < -0.4 is 5.32 Å². The number of ether oxygens (including phenoxy) is 1. The molecule has 1 amide bonds. The Morgan fingerprint density at radius 3 is 2.68 bits per heavy atom. The maximum Gasteiger partial charge on any atom is 0.374 e. The van der Waals surface area contributed by atoms with Crippen molar-refractivity contribution < 1.29 is 18.7 Å². The van der Waals surface area contributed by atoms with E-state index in [0.717, 1.165) is 15.8 Å². The van der Waals surface area contributed by atoms with Gasteiger partial charge in [-0.25, -0.2) is 9.78 Å². The normalized spacial score (nSPS) is 10.8. The lowest BCUT2D eigenvalue weighted by molar-refractivity contribution is -0.119. The molecule has 0 saturated heterocycles. The summed E-state index contributed by atoms with van der Waals surface area (Å²) in [5, 5.41) is 3.39. The SMILES string of the molecule is Cc1ccccc1NC(=O)COC(=O)c1ccc(-c2nc3ccccc3s2)o1. The summed E-state index contributed by atoms with van der Waals surface area (Å²) in [6.45, 7) is 1.48. The van der Waals surface area contributed by atoms with E-state index in [9.17, 15) is 9.59 Å². The molecule has 4 rings (SSSR count). The highest BCUT2D eigenvalue weighted by atomic mass is 32.1. The predicted octanol–water partition coefficient (Wildman–Crippen LogP) is 4.66. The van der Waals surface area contributed by atoms with Crippen molar-refractivity contribution in [2.24, 2.45) is 0 Å². The largest absolute Gasteiger partial charge is 0.450 e. The van der Waals surface area contributed by atoms with Gasteiger partial charge in [0.2, 0.25) is 5.76 Å². The van der Waals surface area contributed by atoms with Crippen LogP contribution in [0.5, 0.6) is 0 Å². The number of aromatic nitrogens is 1. The molecular weight excluding hydrogens is 376 g/mol. The fourth-order valence-electron chi connectivity index (χ4n) is 2.64. The van der Waals surface area contributed by atoms with Gasteiger partial charge in [-0.15, -0.1) is 11.3 Å². The monoisotopic (exact) mass is 392 g/mol. The molecule has 4 aromatic rings. The van der Waals surface area contributed by atoms with Crippen molar-refractivity contribution in [1.82, 2.24) is 4.98 Å². The summed E-state index contributed by atoms with van der Waals surface area (Å²) in [6, 6.07) is 18.3. The number of hydrogen-bond donors (Lipinski definition) is 1. The number of carbonyl (C=O) groups excluding carboxylic acids is 2. The van der Waals surface area contributed by atoms with Gasteiger partial charge in [-0.2, -0.15) is 0 Å². The molecule has 0 unspecified atom stereocenters. The molecule has 0 atom stereocenters. The molecule has 7 heteroatoms. The summed E-state index contributed by atoms with van der Waals surface area (Å²) >= 11 is 1.48.